The van der Waals surface area contributed by atoms with Gasteiger partial charge in [0.1, 0.15) is 6.61 Å². The van der Waals surface area contributed by atoms with Crippen LogP contribution in [-0.4, -0.2) is 42.7 Å². The van der Waals surface area contributed by atoms with Crippen LogP contribution in [0, 0.1) is 6.92 Å². The van der Waals surface area contributed by atoms with Gasteiger partial charge in [-0.3, -0.25) is 9.69 Å². The maximum absolute atomic E-state index is 13.5. The number of fused-ring (bicyclic) bond motifs is 1. The van der Waals surface area contributed by atoms with Crippen LogP contribution in [0.15, 0.2) is 54.6 Å². The molecule has 3 aromatic rings. The molecule has 32 heavy (non-hydrogen) atoms. The lowest BCUT2D eigenvalue weighted by Crippen LogP contribution is -2.47. The van der Waals surface area contributed by atoms with Crippen molar-refractivity contribution in [2.75, 3.05) is 24.7 Å². The molecule has 0 aliphatic carbocycles. The van der Waals surface area contributed by atoms with E-state index in [1.807, 2.05) is 42.5 Å². The number of nitrogens with zero attached hydrogens (tertiary/aromatic N) is 2. The van der Waals surface area contributed by atoms with E-state index in [0.29, 0.717) is 34.5 Å². The number of esters is 1. The SMILES string of the molecule is CCOC(=O)c1nc(N(CCc2ccccc2)C(=O)[C@H]2COc3ccccc3O2)sc1C. The number of hydrogen-bond donors (Lipinski definition) is 0. The Hall–Kier alpha value is -3.39. The zero-order valence-electron chi connectivity index (χ0n) is 17.9. The first-order valence-electron chi connectivity index (χ1n) is 10.4. The van der Waals surface area contributed by atoms with Gasteiger partial charge in [-0.1, -0.05) is 42.5 Å². The van der Waals surface area contributed by atoms with Crippen LogP contribution in [0.4, 0.5) is 5.13 Å². The van der Waals surface area contributed by atoms with Crippen molar-refractivity contribution >= 4 is 28.3 Å². The van der Waals surface area contributed by atoms with Crippen molar-refractivity contribution in [1.82, 2.24) is 4.98 Å². The molecular weight excluding hydrogens is 428 g/mol. The van der Waals surface area contributed by atoms with Gasteiger partial charge in [-0.2, -0.15) is 0 Å². The summed E-state index contributed by atoms with van der Waals surface area (Å²) in [5.41, 5.74) is 1.32. The smallest absolute Gasteiger partial charge is 0.358 e. The first-order chi connectivity index (χ1) is 15.6. The Morgan fingerprint density at radius 2 is 1.84 bits per heavy atom. The summed E-state index contributed by atoms with van der Waals surface area (Å²) in [6.45, 7) is 4.29. The number of ether oxygens (including phenoxy) is 3. The highest BCUT2D eigenvalue weighted by Crippen LogP contribution is 2.33. The lowest BCUT2D eigenvalue weighted by atomic mass is 10.1. The van der Waals surface area contributed by atoms with Crippen molar-refractivity contribution in [3.63, 3.8) is 0 Å². The quantitative estimate of drug-likeness (QED) is 0.504. The molecule has 0 saturated carbocycles. The highest BCUT2D eigenvalue weighted by Gasteiger charge is 2.33. The Balaban J connectivity index is 1.60. The van der Waals surface area contributed by atoms with Crippen LogP contribution in [0.1, 0.15) is 27.9 Å². The Bertz CT molecular complexity index is 1100. The summed E-state index contributed by atoms with van der Waals surface area (Å²) in [5, 5.41) is 0.439. The van der Waals surface area contributed by atoms with Gasteiger partial charge < -0.3 is 14.2 Å². The van der Waals surface area contributed by atoms with Gasteiger partial charge in [0.05, 0.1) is 6.61 Å². The Morgan fingerprint density at radius 3 is 2.59 bits per heavy atom. The van der Waals surface area contributed by atoms with Crippen LogP contribution >= 0.6 is 11.3 Å². The molecule has 4 rings (SSSR count). The minimum Gasteiger partial charge on any atom is -0.485 e. The highest BCUT2D eigenvalue weighted by atomic mass is 32.1. The van der Waals surface area contributed by atoms with Gasteiger partial charge in [-0.25, -0.2) is 9.78 Å². The van der Waals surface area contributed by atoms with Crippen molar-refractivity contribution in [2.24, 2.45) is 0 Å². The van der Waals surface area contributed by atoms with E-state index in [1.54, 1.807) is 30.9 Å². The number of rotatable bonds is 7. The molecule has 8 heteroatoms. The van der Waals surface area contributed by atoms with Crippen molar-refractivity contribution in [2.45, 2.75) is 26.4 Å². The first-order valence-corrected chi connectivity index (χ1v) is 11.3. The second kappa shape index (κ2) is 9.82. The van der Waals surface area contributed by atoms with E-state index in [2.05, 4.69) is 4.98 Å². The molecule has 166 valence electrons. The summed E-state index contributed by atoms with van der Waals surface area (Å²) in [4.78, 5) is 32.5. The summed E-state index contributed by atoms with van der Waals surface area (Å²) in [7, 11) is 0. The number of carbonyl (C=O) groups is 2. The van der Waals surface area contributed by atoms with Crippen LogP contribution in [-0.2, 0) is 16.0 Å². The van der Waals surface area contributed by atoms with Crippen LogP contribution in [0.3, 0.4) is 0 Å². The number of carbonyl (C=O) groups excluding carboxylic acids is 2. The normalized spacial score (nSPS) is 14.6. The predicted octanol–water partition coefficient (Wildman–Crippen LogP) is 4.04. The maximum atomic E-state index is 13.5. The molecular formula is C24H24N2O5S. The molecule has 0 bridgehead atoms. The fraction of sp³-hybridized carbons (Fsp3) is 0.292. The molecule has 0 radical (unpaired) electrons. The third kappa shape index (κ3) is 4.75. The second-order valence-electron chi connectivity index (χ2n) is 7.21. The average Bonchev–Trinajstić information content (AvgIpc) is 3.21. The summed E-state index contributed by atoms with van der Waals surface area (Å²) >= 11 is 1.29. The Morgan fingerprint density at radius 1 is 1.12 bits per heavy atom. The van der Waals surface area contributed by atoms with Crippen LogP contribution in [0.5, 0.6) is 11.5 Å². The molecule has 1 aliphatic heterocycles. The molecule has 1 atom stereocenters. The van der Waals surface area contributed by atoms with Crippen molar-refractivity contribution in [3.8, 4) is 11.5 Å². The van der Waals surface area contributed by atoms with E-state index >= 15 is 0 Å². The van der Waals surface area contributed by atoms with E-state index in [4.69, 9.17) is 14.2 Å². The van der Waals surface area contributed by atoms with Crippen molar-refractivity contribution in [1.29, 1.82) is 0 Å². The van der Waals surface area contributed by atoms with Crippen LogP contribution in [0.25, 0.3) is 0 Å². The van der Waals surface area contributed by atoms with Gasteiger partial charge in [-0.15, -0.1) is 11.3 Å². The van der Waals surface area contributed by atoms with E-state index < -0.39 is 12.1 Å². The molecule has 0 spiro atoms. The first kappa shape index (κ1) is 21.8. The number of anilines is 1. The monoisotopic (exact) mass is 452 g/mol. The van der Waals surface area contributed by atoms with Crippen LogP contribution in [0.2, 0.25) is 0 Å². The fourth-order valence-corrected chi connectivity index (χ4v) is 4.32. The Kier molecular flexibility index (Phi) is 6.70. The van der Waals surface area contributed by atoms with Gasteiger partial charge in [0, 0.05) is 11.4 Å². The highest BCUT2D eigenvalue weighted by molar-refractivity contribution is 7.16. The second-order valence-corrected chi connectivity index (χ2v) is 8.39. The van der Waals surface area contributed by atoms with Gasteiger partial charge in [-0.05, 0) is 38.0 Å². The number of benzene rings is 2. The molecule has 2 heterocycles. The van der Waals surface area contributed by atoms with Gasteiger partial charge in [0.25, 0.3) is 5.91 Å². The standard InChI is InChI=1S/C24H24N2O5S/c1-3-29-23(28)21-16(2)32-24(25-21)26(14-13-17-9-5-4-6-10-17)22(27)20-15-30-18-11-7-8-12-19(18)31-20/h4-12,20H,3,13-15H2,1-2H3/t20-/m1/s1. The third-order valence-corrected chi connectivity index (χ3v) is 6.00. The minimum atomic E-state index is -0.809. The molecule has 2 aromatic carbocycles. The summed E-state index contributed by atoms with van der Waals surface area (Å²) < 4.78 is 16.8. The summed E-state index contributed by atoms with van der Waals surface area (Å²) in [6, 6.07) is 17.2. The maximum Gasteiger partial charge on any atom is 0.358 e. The lowest BCUT2D eigenvalue weighted by Gasteiger charge is -2.29. The van der Waals surface area contributed by atoms with E-state index in [0.717, 1.165) is 5.56 Å². The van der Waals surface area contributed by atoms with E-state index in [-0.39, 0.29) is 24.8 Å². The zero-order valence-corrected chi connectivity index (χ0v) is 18.8. The summed E-state index contributed by atoms with van der Waals surface area (Å²) in [6.07, 6.45) is -0.180. The van der Waals surface area contributed by atoms with E-state index in [9.17, 15) is 9.59 Å². The largest absolute Gasteiger partial charge is 0.485 e. The molecule has 1 amide bonds. The number of hydrogen-bond acceptors (Lipinski definition) is 7. The van der Waals surface area contributed by atoms with Crippen molar-refractivity contribution in [3.05, 3.63) is 70.7 Å². The molecule has 0 unspecified atom stereocenters. The topological polar surface area (TPSA) is 78.0 Å². The van der Waals surface area contributed by atoms with Gasteiger partial charge >= 0.3 is 5.97 Å². The molecule has 7 nitrogen and oxygen atoms in total. The van der Waals surface area contributed by atoms with E-state index in [1.165, 1.54) is 11.3 Å². The lowest BCUT2D eigenvalue weighted by molar-refractivity contribution is -0.127. The van der Waals surface area contributed by atoms with Crippen LogP contribution < -0.4 is 14.4 Å². The number of para-hydroxylation sites is 2. The third-order valence-electron chi connectivity index (χ3n) is 5.00. The fourth-order valence-electron chi connectivity index (χ4n) is 3.39. The minimum absolute atomic E-state index is 0.104. The summed E-state index contributed by atoms with van der Waals surface area (Å²) in [5.74, 6) is 0.387. The Labute approximate surface area is 190 Å². The van der Waals surface area contributed by atoms with Gasteiger partial charge in [0.2, 0.25) is 6.10 Å². The predicted molar refractivity (Wildman–Crippen MR) is 122 cm³/mol. The molecule has 0 N–H and O–H groups in total. The molecule has 1 aromatic heterocycles. The average molecular weight is 453 g/mol. The number of thiazole rings is 1. The zero-order chi connectivity index (χ0) is 22.5. The molecule has 1 aliphatic rings. The number of aryl methyl sites for hydroxylation is 1. The molecule has 0 saturated heterocycles. The number of aromatic nitrogens is 1. The van der Waals surface area contributed by atoms with Crippen molar-refractivity contribution < 1.29 is 23.8 Å². The number of amides is 1. The molecule has 0 fully saturated rings. The van der Waals surface area contributed by atoms with Gasteiger partial charge in [0.15, 0.2) is 22.3 Å².